The molecule has 0 radical (unpaired) electrons. The van der Waals surface area contributed by atoms with Gasteiger partial charge in [0.25, 0.3) is 0 Å². The smallest absolute Gasteiger partial charge is 0.164 e. The van der Waals surface area contributed by atoms with Gasteiger partial charge in [-0.1, -0.05) is 194 Å². The zero-order valence-electron chi connectivity index (χ0n) is 32.7. The first-order valence-corrected chi connectivity index (χ1v) is 20.3. The molecule has 0 fully saturated rings. The van der Waals surface area contributed by atoms with Gasteiger partial charge in [-0.2, -0.15) is 0 Å². The van der Waals surface area contributed by atoms with Gasteiger partial charge in [0, 0.05) is 16.7 Å². The summed E-state index contributed by atoms with van der Waals surface area (Å²) in [6.45, 7) is 0. The lowest BCUT2D eigenvalue weighted by atomic mass is 9.94. The lowest BCUT2D eigenvalue weighted by molar-refractivity contribution is 1.07. The molecule has 0 bridgehead atoms. The number of fused-ring (bicyclic) bond motifs is 3. The van der Waals surface area contributed by atoms with Crippen LogP contribution >= 0.6 is 0 Å². The molecular formula is C57H37N3. The molecule has 0 amide bonds. The second-order valence-electron chi connectivity index (χ2n) is 15.2. The molecule has 0 aliphatic carbocycles. The van der Waals surface area contributed by atoms with E-state index in [0.29, 0.717) is 17.5 Å². The molecule has 0 atom stereocenters. The minimum atomic E-state index is 0.623. The topological polar surface area (TPSA) is 38.7 Å². The maximum atomic E-state index is 5.20. The fraction of sp³-hybridized carbons (Fsp3) is 0. The molecule has 0 aliphatic rings. The largest absolute Gasteiger partial charge is 0.208 e. The third-order valence-electron chi connectivity index (χ3n) is 11.5. The Balaban J connectivity index is 1.00. The number of hydrogen-bond acceptors (Lipinski definition) is 3. The van der Waals surface area contributed by atoms with Crippen LogP contribution in [0, 0.1) is 0 Å². The lowest BCUT2D eigenvalue weighted by Crippen LogP contribution is -2.00. The van der Waals surface area contributed by atoms with Crippen molar-refractivity contribution in [3.63, 3.8) is 0 Å². The first kappa shape index (κ1) is 35.2. The molecule has 3 nitrogen and oxygen atoms in total. The summed E-state index contributed by atoms with van der Waals surface area (Å²) >= 11 is 0. The van der Waals surface area contributed by atoms with Gasteiger partial charge in [-0.3, -0.25) is 0 Å². The Morgan fingerprint density at radius 2 is 0.550 bits per heavy atom. The van der Waals surface area contributed by atoms with Gasteiger partial charge in [0.05, 0.1) is 0 Å². The maximum Gasteiger partial charge on any atom is 0.164 e. The van der Waals surface area contributed by atoms with E-state index >= 15 is 0 Å². The molecule has 0 unspecified atom stereocenters. The number of aromatic nitrogens is 3. The van der Waals surface area contributed by atoms with E-state index in [4.69, 9.17) is 15.0 Å². The summed E-state index contributed by atoms with van der Waals surface area (Å²) in [6.07, 6.45) is 0. The number of rotatable bonds is 7. The van der Waals surface area contributed by atoms with Crippen LogP contribution in [0.1, 0.15) is 0 Å². The second-order valence-corrected chi connectivity index (χ2v) is 15.2. The van der Waals surface area contributed by atoms with Crippen molar-refractivity contribution in [3.05, 3.63) is 224 Å². The molecule has 0 saturated heterocycles. The van der Waals surface area contributed by atoms with Crippen molar-refractivity contribution in [2.75, 3.05) is 0 Å². The molecule has 0 aliphatic heterocycles. The highest BCUT2D eigenvalue weighted by atomic mass is 15.0. The normalized spacial score (nSPS) is 11.3. The molecule has 3 heteroatoms. The number of benzene rings is 10. The van der Waals surface area contributed by atoms with Crippen LogP contribution in [0.2, 0.25) is 0 Å². The minimum Gasteiger partial charge on any atom is -0.208 e. The first-order chi connectivity index (χ1) is 29.7. The molecule has 280 valence electrons. The van der Waals surface area contributed by atoms with Crippen molar-refractivity contribution in [2.24, 2.45) is 0 Å². The molecule has 10 aromatic carbocycles. The third kappa shape index (κ3) is 6.68. The molecule has 0 spiro atoms. The van der Waals surface area contributed by atoms with Gasteiger partial charge in [-0.15, -0.1) is 0 Å². The summed E-state index contributed by atoms with van der Waals surface area (Å²) in [5.74, 6) is 1.87. The van der Waals surface area contributed by atoms with Crippen LogP contribution in [-0.2, 0) is 0 Å². The van der Waals surface area contributed by atoms with Crippen LogP contribution < -0.4 is 0 Å². The van der Waals surface area contributed by atoms with Gasteiger partial charge in [0.1, 0.15) is 0 Å². The molecular weight excluding hydrogens is 727 g/mol. The Kier molecular flexibility index (Phi) is 8.83. The zero-order chi connectivity index (χ0) is 39.8. The molecule has 0 saturated carbocycles. The predicted octanol–water partition coefficient (Wildman–Crippen LogP) is 15.0. The molecule has 0 N–H and O–H groups in total. The summed E-state index contributed by atoms with van der Waals surface area (Å²) in [5.41, 5.74) is 12.0. The molecule has 11 aromatic rings. The summed E-state index contributed by atoms with van der Waals surface area (Å²) in [5, 5.41) is 7.33. The van der Waals surface area contributed by atoms with E-state index in [1.165, 1.54) is 49.0 Å². The fourth-order valence-corrected chi connectivity index (χ4v) is 8.44. The highest BCUT2D eigenvalue weighted by molar-refractivity contribution is 6.00. The van der Waals surface area contributed by atoms with Crippen molar-refractivity contribution in [2.45, 2.75) is 0 Å². The standard InChI is InChI=1S/C57H37N3/c1-2-13-38(14-3-1)41-19-8-22-48(35-41)55-58-56(60-57(59-55)50-24-10-21-46(37-50)53-27-11-17-39-15-4-6-25-51(39)53)49-23-9-20-42(36-49)43-29-30-45-34-47(32-31-44(45)33-43)54-28-12-18-40-16-5-7-26-52(40)54/h1-37H. The van der Waals surface area contributed by atoms with Crippen LogP contribution in [0.15, 0.2) is 224 Å². The van der Waals surface area contributed by atoms with E-state index in [0.717, 1.165) is 44.5 Å². The van der Waals surface area contributed by atoms with Gasteiger partial charge in [-0.25, -0.2) is 15.0 Å². The summed E-state index contributed by atoms with van der Waals surface area (Å²) in [6, 6.07) is 79.6. The molecule has 1 aromatic heterocycles. The average molecular weight is 764 g/mol. The fourth-order valence-electron chi connectivity index (χ4n) is 8.44. The van der Waals surface area contributed by atoms with Crippen molar-refractivity contribution >= 4 is 32.3 Å². The molecule has 60 heavy (non-hydrogen) atoms. The van der Waals surface area contributed by atoms with Crippen molar-refractivity contribution in [1.29, 1.82) is 0 Å². The number of hydrogen-bond donors (Lipinski definition) is 0. The van der Waals surface area contributed by atoms with Crippen LogP contribution in [0.25, 0.3) is 111 Å². The van der Waals surface area contributed by atoms with Crippen LogP contribution in [0.5, 0.6) is 0 Å². The first-order valence-electron chi connectivity index (χ1n) is 20.3. The van der Waals surface area contributed by atoms with Crippen LogP contribution in [-0.4, -0.2) is 15.0 Å². The highest BCUT2D eigenvalue weighted by Gasteiger charge is 2.16. The monoisotopic (exact) mass is 763 g/mol. The Morgan fingerprint density at radius 3 is 1.12 bits per heavy atom. The van der Waals surface area contributed by atoms with Gasteiger partial charge in [-0.05, 0) is 107 Å². The maximum absolute atomic E-state index is 5.20. The van der Waals surface area contributed by atoms with E-state index in [9.17, 15) is 0 Å². The summed E-state index contributed by atoms with van der Waals surface area (Å²) in [7, 11) is 0. The van der Waals surface area contributed by atoms with E-state index in [1.807, 2.05) is 6.07 Å². The van der Waals surface area contributed by atoms with E-state index in [1.54, 1.807) is 0 Å². The van der Waals surface area contributed by atoms with E-state index in [-0.39, 0.29) is 0 Å². The zero-order valence-corrected chi connectivity index (χ0v) is 32.7. The van der Waals surface area contributed by atoms with Crippen molar-refractivity contribution < 1.29 is 0 Å². The van der Waals surface area contributed by atoms with E-state index in [2.05, 4.69) is 218 Å². The van der Waals surface area contributed by atoms with E-state index < -0.39 is 0 Å². The van der Waals surface area contributed by atoms with Gasteiger partial charge >= 0.3 is 0 Å². The third-order valence-corrected chi connectivity index (χ3v) is 11.5. The van der Waals surface area contributed by atoms with Crippen molar-refractivity contribution in [1.82, 2.24) is 15.0 Å². The summed E-state index contributed by atoms with van der Waals surface area (Å²) in [4.78, 5) is 15.5. The quantitative estimate of drug-likeness (QED) is 0.162. The predicted molar refractivity (Wildman–Crippen MR) is 250 cm³/mol. The average Bonchev–Trinajstić information content (AvgIpc) is 3.33. The molecule has 11 rings (SSSR count). The summed E-state index contributed by atoms with van der Waals surface area (Å²) < 4.78 is 0. The Bertz CT molecular complexity index is 3380. The number of nitrogens with zero attached hydrogens (tertiary/aromatic N) is 3. The second kappa shape index (κ2) is 15.1. The Labute approximate surface area is 349 Å². The lowest BCUT2D eigenvalue weighted by Gasteiger charge is -2.12. The SMILES string of the molecule is c1ccc(-c2cccc(-c3nc(-c4cccc(-c5ccc6cc(-c7cccc8ccccc78)ccc6c5)c4)nc(-c4cccc(-c5cccc6ccccc56)c4)n3)c2)cc1. The van der Waals surface area contributed by atoms with Gasteiger partial charge < -0.3 is 0 Å². The Hall–Kier alpha value is -8.01. The molecule has 1 heterocycles. The Morgan fingerprint density at radius 1 is 0.200 bits per heavy atom. The van der Waals surface area contributed by atoms with Gasteiger partial charge in [0.2, 0.25) is 0 Å². The van der Waals surface area contributed by atoms with Crippen LogP contribution in [0.3, 0.4) is 0 Å². The van der Waals surface area contributed by atoms with Gasteiger partial charge in [0.15, 0.2) is 17.5 Å². The van der Waals surface area contributed by atoms with Crippen molar-refractivity contribution in [3.8, 4) is 78.7 Å². The minimum absolute atomic E-state index is 0.623. The highest BCUT2D eigenvalue weighted by Crippen LogP contribution is 2.36. The van der Waals surface area contributed by atoms with Crippen LogP contribution in [0.4, 0.5) is 0 Å².